The second kappa shape index (κ2) is 10.4. The van der Waals surface area contributed by atoms with Crippen molar-refractivity contribution in [1.29, 1.82) is 0 Å². The maximum atomic E-state index is 14.0. The van der Waals surface area contributed by atoms with Gasteiger partial charge in [0.1, 0.15) is 0 Å². The molecule has 1 saturated heterocycles. The molecule has 6 rings (SSSR count). The second-order valence-electron chi connectivity index (χ2n) is 11.1. The van der Waals surface area contributed by atoms with E-state index in [9.17, 15) is 14.4 Å². The molecule has 0 atom stereocenters. The Bertz CT molecular complexity index is 2030. The summed E-state index contributed by atoms with van der Waals surface area (Å²) >= 11 is 6.95. The summed E-state index contributed by atoms with van der Waals surface area (Å²) in [5.41, 5.74) is 4.35. The zero-order valence-electron chi connectivity index (χ0n) is 23.8. The van der Waals surface area contributed by atoms with Gasteiger partial charge in [-0.25, -0.2) is 4.98 Å². The van der Waals surface area contributed by atoms with Gasteiger partial charge in [-0.2, -0.15) is 5.10 Å². The molecule has 0 unspecified atom stereocenters. The number of carbonyl (C=O) groups excluding carboxylic acids is 1. The lowest BCUT2D eigenvalue weighted by Crippen LogP contribution is -2.52. The van der Waals surface area contributed by atoms with E-state index in [0.717, 1.165) is 27.6 Å². The van der Waals surface area contributed by atoms with Crippen molar-refractivity contribution < 1.29 is 4.79 Å². The van der Waals surface area contributed by atoms with Crippen LogP contribution in [0.15, 0.2) is 58.9 Å². The van der Waals surface area contributed by atoms with Gasteiger partial charge in [-0.1, -0.05) is 38.1 Å². The maximum absolute atomic E-state index is 14.0. The number of amides is 1. The maximum Gasteiger partial charge on any atom is 0.322 e. The molecule has 1 N–H and O–H groups in total. The van der Waals surface area contributed by atoms with Crippen molar-refractivity contribution in [2.24, 2.45) is 5.92 Å². The molecule has 0 saturated carbocycles. The molecule has 5 aromatic rings. The van der Waals surface area contributed by atoms with E-state index in [4.69, 9.17) is 16.6 Å². The summed E-state index contributed by atoms with van der Waals surface area (Å²) < 4.78 is 2.84. The predicted octanol–water partition coefficient (Wildman–Crippen LogP) is 4.52. The Morgan fingerprint density at radius 2 is 1.93 bits per heavy atom. The molecule has 0 aliphatic carbocycles. The molecule has 1 aliphatic heterocycles. The summed E-state index contributed by atoms with van der Waals surface area (Å²) in [7, 11) is 0. The standard InChI is InChI=1S/C31H30ClN7O3/c1-6-24(40)37-13-19(14-37)15-38-23-11-21(32)27(25-17(4)7-8-22-20(25)12-34-36-22)35-29(23)39(31(42)30(38)41)28-18(5)9-10-33-26(28)16(2)3/h6-12,16,19H,1,13-15H2,2-5H3,(H,34,36). The van der Waals surface area contributed by atoms with Crippen molar-refractivity contribution in [3.05, 3.63) is 91.9 Å². The van der Waals surface area contributed by atoms with Gasteiger partial charge in [-0.15, -0.1) is 0 Å². The van der Waals surface area contributed by atoms with Crippen molar-refractivity contribution in [1.82, 2.24) is 34.2 Å². The smallest absolute Gasteiger partial charge is 0.322 e. The first-order valence-electron chi connectivity index (χ1n) is 13.8. The number of aryl methyl sites for hydroxylation is 2. The minimum absolute atomic E-state index is 0.0169. The Kier molecular flexibility index (Phi) is 6.81. The van der Waals surface area contributed by atoms with Crippen molar-refractivity contribution in [3.8, 4) is 16.9 Å². The summed E-state index contributed by atoms with van der Waals surface area (Å²) in [5, 5.41) is 8.37. The van der Waals surface area contributed by atoms with Gasteiger partial charge in [0, 0.05) is 42.7 Å². The SMILES string of the molecule is C=CC(=O)N1CC(Cn2c(=O)c(=O)n(-c3c(C)ccnc3C(C)C)c3nc(-c4c(C)ccc5[nH]ncc45)c(Cl)cc32)C1. The van der Waals surface area contributed by atoms with E-state index >= 15 is 0 Å². The third kappa shape index (κ3) is 4.34. The third-order valence-electron chi connectivity index (χ3n) is 7.95. The molecule has 42 heavy (non-hydrogen) atoms. The summed E-state index contributed by atoms with van der Waals surface area (Å²) in [5.74, 6) is -0.205. The topological polar surface area (TPSA) is 119 Å². The number of rotatable bonds is 6. The average Bonchev–Trinajstić information content (AvgIpc) is 3.41. The monoisotopic (exact) mass is 583 g/mol. The van der Waals surface area contributed by atoms with Gasteiger partial charge in [-0.3, -0.25) is 29.0 Å². The second-order valence-corrected chi connectivity index (χ2v) is 11.5. The Hall–Kier alpha value is -4.57. The van der Waals surface area contributed by atoms with Gasteiger partial charge in [0.05, 0.1) is 39.3 Å². The van der Waals surface area contributed by atoms with Gasteiger partial charge >= 0.3 is 11.1 Å². The van der Waals surface area contributed by atoms with Crippen LogP contribution in [0.25, 0.3) is 39.0 Å². The molecule has 0 radical (unpaired) electrons. The van der Waals surface area contributed by atoms with Crippen LogP contribution in [-0.4, -0.2) is 53.2 Å². The normalized spacial score (nSPS) is 13.7. The summed E-state index contributed by atoms with van der Waals surface area (Å²) in [6.45, 7) is 12.5. The number of hydrogen-bond donors (Lipinski definition) is 1. The number of nitrogens with zero attached hydrogens (tertiary/aromatic N) is 6. The highest BCUT2D eigenvalue weighted by Gasteiger charge is 2.31. The highest BCUT2D eigenvalue weighted by Crippen LogP contribution is 2.36. The Balaban J connectivity index is 1.66. The quantitative estimate of drug-likeness (QED) is 0.232. The molecule has 214 valence electrons. The number of nitrogens with one attached hydrogen (secondary N) is 1. The third-order valence-corrected chi connectivity index (χ3v) is 8.24. The molecular formula is C31H30ClN7O3. The van der Waals surface area contributed by atoms with E-state index < -0.39 is 11.1 Å². The fourth-order valence-corrected chi connectivity index (χ4v) is 6.03. The molecule has 0 bridgehead atoms. The van der Waals surface area contributed by atoms with Crippen molar-refractivity contribution in [2.45, 2.75) is 40.2 Å². The molecule has 11 heteroatoms. The summed E-state index contributed by atoms with van der Waals surface area (Å²) in [4.78, 5) is 51.1. The Labute approximate surface area is 246 Å². The van der Waals surface area contributed by atoms with Crippen LogP contribution in [0.2, 0.25) is 5.02 Å². The molecule has 1 aromatic carbocycles. The van der Waals surface area contributed by atoms with Gasteiger partial charge in [0.25, 0.3) is 0 Å². The molecule has 4 aromatic heterocycles. The number of aromatic nitrogens is 6. The minimum atomic E-state index is -0.724. The molecule has 1 amide bonds. The molecule has 10 nitrogen and oxygen atoms in total. The van der Waals surface area contributed by atoms with E-state index in [2.05, 4.69) is 21.8 Å². The first-order chi connectivity index (χ1) is 20.1. The lowest BCUT2D eigenvalue weighted by molar-refractivity contribution is -0.132. The molecular weight excluding hydrogens is 554 g/mol. The number of fused-ring (bicyclic) bond motifs is 2. The van der Waals surface area contributed by atoms with E-state index in [1.807, 2.05) is 45.9 Å². The van der Waals surface area contributed by atoms with Gasteiger partial charge in [0.2, 0.25) is 5.91 Å². The minimum Gasteiger partial charge on any atom is -0.338 e. The van der Waals surface area contributed by atoms with Crippen LogP contribution in [0.1, 0.15) is 36.6 Å². The van der Waals surface area contributed by atoms with E-state index in [0.29, 0.717) is 46.4 Å². The van der Waals surface area contributed by atoms with E-state index in [1.54, 1.807) is 23.4 Å². The predicted molar refractivity (Wildman–Crippen MR) is 163 cm³/mol. The number of hydrogen-bond acceptors (Lipinski definition) is 6. The van der Waals surface area contributed by atoms with Crippen LogP contribution in [0.5, 0.6) is 0 Å². The first-order valence-corrected chi connectivity index (χ1v) is 14.1. The van der Waals surface area contributed by atoms with Crippen LogP contribution in [-0.2, 0) is 11.3 Å². The molecule has 1 fully saturated rings. The fourth-order valence-electron chi connectivity index (χ4n) is 5.79. The fraction of sp³-hybridized carbons (Fsp3) is 0.290. The lowest BCUT2D eigenvalue weighted by atomic mass is 9.99. The van der Waals surface area contributed by atoms with E-state index in [-0.39, 0.29) is 24.3 Å². The van der Waals surface area contributed by atoms with Gasteiger partial charge in [-0.05, 0) is 55.2 Å². The number of aromatic amines is 1. The first kappa shape index (κ1) is 27.6. The Morgan fingerprint density at radius 3 is 2.64 bits per heavy atom. The van der Waals surface area contributed by atoms with Crippen LogP contribution >= 0.6 is 11.6 Å². The number of H-pyrrole nitrogens is 1. The zero-order valence-corrected chi connectivity index (χ0v) is 24.6. The van der Waals surface area contributed by atoms with Gasteiger partial charge in [0.15, 0.2) is 5.65 Å². The number of carbonyl (C=O) groups is 1. The van der Waals surface area contributed by atoms with Gasteiger partial charge < -0.3 is 9.47 Å². The van der Waals surface area contributed by atoms with Crippen molar-refractivity contribution >= 4 is 39.6 Å². The van der Waals surface area contributed by atoms with Crippen LogP contribution in [0, 0.1) is 19.8 Å². The number of likely N-dealkylation sites (tertiary alicyclic amines) is 1. The van der Waals surface area contributed by atoms with Crippen LogP contribution < -0.4 is 11.1 Å². The molecule has 1 aliphatic rings. The Morgan fingerprint density at radius 1 is 1.17 bits per heavy atom. The van der Waals surface area contributed by atoms with E-state index in [1.165, 1.54) is 15.2 Å². The average molecular weight is 584 g/mol. The highest BCUT2D eigenvalue weighted by atomic mass is 35.5. The van der Waals surface area contributed by atoms with Crippen molar-refractivity contribution in [2.75, 3.05) is 13.1 Å². The largest absolute Gasteiger partial charge is 0.338 e. The number of halogens is 1. The summed E-state index contributed by atoms with van der Waals surface area (Å²) in [6.07, 6.45) is 4.70. The van der Waals surface area contributed by atoms with Crippen LogP contribution in [0.4, 0.5) is 0 Å². The molecule has 5 heterocycles. The zero-order chi connectivity index (χ0) is 29.9. The molecule has 0 spiro atoms. The van der Waals surface area contributed by atoms with Crippen LogP contribution in [0.3, 0.4) is 0 Å². The number of pyridine rings is 2. The summed E-state index contributed by atoms with van der Waals surface area (Å²) in [6, 6.07) is 7.43. The van der Waals surface area contributed by atoms with Crippen molar-refractivity contribution in [3.63, 3.8) is 0 Å². The number of benzene rings is 1. The highest BCUT2D eigenvalue weighted by molar-refractivity contribution is 6.34. The lowest BCUT2D eigenvalue weighted by Gasteiger charge is -2.39.